The van der Waals surface area contributed by atoms with Crippen LogP contribution in [0.3, 0.4) is 0 Å². The van der Waals surface area contributed by atoms with Crippen LogP contribution in [0, 0.1) is 11.8 Å². The van der Waals surface area contributed by atoms with E-state index in [1.165, 1.54) is 0 Å². The van der Waals surface area contributed by atoms with Gasteiger partial charge in [0, 0.05) is 26.2 Å². The van der Waals surface area contributed by atoms with Gasteiger partial charge in [-0.05, 0) is 60.0 Å². The summed E-state index contributed by atoms with van der Waals surface area (Å²) in [5, 5.41) is 7.98. The van der Waals surface area contributed by atoms with E-state index in [1.54, 1.807) is 10.4 Å². The number of rotatable bonds is 3. The highest BCUT2D eigenvalue weighted by atomic mass is 32.2. The number of hydrogen-bond acceptors (Lipinski definition) is 6. The molecule has 1 aromatic carbocycles. The molecule has 0 radical (unpaired) electrons. The van der Waals surface area contributed by atoms with Crippen molar-refractivity contribution in [3.05, 3.63) is 12.1 Å². The molecule has 0 bridgehead atoms. The Balaban J connectivity index is 1.69. The van der Waals surface area contributed by atoms with Gasteiger partial charge in [0.25, 0.3) is 0 Å². The van der Waals surface area contributed by atoms with Crippen LogP contribution in [-0.4, -0.2) is 49.2 Å². The highest BCUT2D eigenvalue weighted by molar-refractivity contribution is 7.89. The van der Waals surface area contributed by atoms with Crippen molar-refractivity contribution in [3.8, 4) is 0 Å². The lowest BCUT2D eigenvalue weighted by Crippen LogP contribution is -2.38. The van der Waals surface area contributed by atoms with Gasteiger partial charge in [0.15, 0.2) is 11.0 Å². The third kappa shape index (κ3) is 3.09. The molecule has 4 rings (SSSR count). The molecule has 7 nitrogen and oxygen atoms in total. The minimum atomic E-state index is -3.59. The monoisotopic (exact) mass is 378 g/mol. The average Bonchev–Trinajstić information content (AvgIpc) is 3.11. The molecule has 2 aliphatic rings. The summed E-state index contributed by atoms with van der Waals surface area (Å²) >= 11 is 0. The number of hydrogen-bond donors (Lipinski definition) is 0. The Morgan fingerprint density at radius 2 is 1.50 bits per heavy atom. The van der Waals surface area contributed by atoms with Crippen LogP contribution in [-0.2, 0) is 10.0 Å². The second-order valence-electron chi connectivity index (χ2n) is 7.80. The normalized spacial score (nSPS) is 21.5. The Bertz CT molecular complexity index is 879. The van der Waals surface area contributed by atoms with E-state index in [1.807, 2.05) is 6.07 Å². The fourth-order valence-electron chi connectivity index (χ4n) is 3.91. The molecule has 0 spiro atoms. The van der Waals surface area contributed by atoms with Crippen LogP contribution in [0.5, 0.6) is 0 Å². The first-order valence-corrected chi connectivity index (χ1v) is 10.9. The molecule has 2 aliphatic heterocycles. The standard InChI is InChI=1S/C18H26N4O3S/c1-13-5-9-21(10-6-13)15-3-4-16(18-17(15)19-25-20-18)26(23,24)22-11-7-14(2)8-12-22/h3-4,13-14H,5-12H2,1-2H3. The van der Waals surface area contributed by atoms with Crippen molar-refractivity contribution >= 4 is 26.7 Å². The van der Waals surface area contributed by atoms with Crippen LogP contribution < -0.4 is 4.90 Å². The number of fused-ring (bicyclic) bond motifs is 1. The topological polar surface area (TPSA) is 79.5 Å². The molecule has 0 amide bonds. The van der Waals surface area contributed by atoms with Gasteiger partial charge < -0.3 is 4.90 Å². The largest absolute Gasteiger partial charge is 0.370 e. The van der Waals surface area contributed by atoms with Crippen molar-refractivity contribution in [1.82, 2.24) is 14.6 Å². The Hall–Kier alpha value is -1.67. The van der Waals surface area contributed by atoms with E-state index >= 15 is 0 Å². The first kappa shape index (κ1) is 17.7. The molecule has 1 aromatic heterocycles. The van der Waals surface area contributed by atoms with Gasteiger partial charge in [0.05, 0.1) is 5.69 Å². The zero-order valence-electron chi connectivity index (χ0n) is 15.4. The molecule has 142 valence electrons. The second-order valence-corrected chi connectivity index (χ2v) is 9.71. The summed E-state index contributed by atoms with van der Waals surface area (Å²) in [6, 6.07) is 3.54. The third-order valence-corrected chi connectivity index (χ3v) is 7.77. The third-order valence-electron chi connectivity index (χ3n) is 5.84. The maximum atomic E-state index is 13.1. The van der Waals surface area contributed by atoms with Crippen molar-refractivity contribution < 1.29 is 13.0 Å². The predicted molar refractivity (Wildman–Crippen MR) is 99.6 cm³/mol. The number of aromatic nitrogens is 2. The minimum absolute atomic E-state index is 0.206. The Kier molecular flexibility index (Phi) is 4.64. The maximum absolute atomic E-state index is 13.1. The summed E-state index contributed by atoms with van der Waals surface area (Å²) < 4.78 is 32.8. The molecule has 26 heavy (non-hydrogen) atoms. The Morgan fingerprint density at radius 1 is 0.923 bits per heavy atom. The maximum Gasteiger partial charge on any atom is 0.245 e. The molecule has 0 unspecified atom stereocenters. The Morgan fingerprint density at radius 3 is 2.15 bits per heavy atom. The van der Waals surface area contributed by atoms with Crippen molar-refractivity contribution in [2.24, 2.45) is 11.8 Å². The Labute approximate surface area is 154 Å². The van der Waals surface area contributed by atoms with Gasteiger partial charge in [0.2, 0.25) is 10.0 Å². The number of benzene rings is 1. The van der Waals surface area contributed by atoms with Crippen LogP contribution in [0.4, 0.5) is 5.69 Å². The van der Waals surface area contributed by atoms with Gasteiger partial charge in [-0.1, -0.05) is 13.8 Å². The summed E-state index contributed by atoms with van der Waals surface area (Å²) in [6.45, 7) is 7.43. The van der Waals surface area contributed by atoms with Crippen LogP contribution >= 0.6 is 0 Å². The lowest BCUT2D eigenvalue weighted by molar-refractivity contribution is 0.288. The van der Waals surface area contributed by atoms with E-state index in [-0.39, 0.29) is 4.90 Å². The highest BCUT2D eigenvalue weighted by Gasteiger charge is 2.32. The van der Waals surface area contributed by atoms with Gasteiger partial charge in [-0.25, -0.2) is 13.0 Å². The van der Waals surface area contributed by atoms with Crippen molar-refractivity contribution in [3.63, 3.8) is 0 Å². The van der Waals surface area contributed by atoms with E-state index in [0.29, 0.717) is 30.0 Å². The zero-order valence-corrected chi connectivity index (χ0v) is 16.2. The highest BCUT2D eigenvalue weighted by Crippen LogP contribution is 2.34. The van der Waals surface area contributed by atoms with Gasteiger partial charge in [-0.2, -0.15) is 4.31 Å². The number of anilines is 1. The molecule has 0 N–H and O–H groups in total. The van der Waals surface area contributed by atoms with E-state index in [9.17, 15) is 8.42 Å². The van der Waals surface area contributed by atoms with Crippen LogP contribution in [0.2, 0.25) is 0 Å². The smallest absolute Gasteiger partial charge is 0.245 e. The first-order chi connectivity index (χ1) is 12.5. The molecule has 0 aliphatic carbocycles. The summed E-state index contributed by atoms with van der Waals surface area (Å²) in [7, 11) is -3.59. The van der Waals surface area contributed by atoms with E-state index in [4.69, 9.17) is 4.63 Å². The van der Waals surface area contributed by atoms with Crippen molar-refractivity contribution in [2.75, 3.05) is 31.1 Å². The summed E-state index contributed by atoms with van der Waals surface area (Å²) in [5.41, 5.74) is 1.81. The number of sulfonamides is 1. The van der Waals surface area contributed by atoms with Gasteiger partial charge in [-0.15, -0.1) is 0 Å². The predicted octanol–water partition coefficient (Wildman–Crippen LogP) is 2.88. The van der Waals surface area contributed by atoms with Crippen LogP contribution in [0.25, 0.3) is 11.0 Å². The summed E-state index contributed by atoms with van der Waals surface area (Å²) in [5.74, 6) is 1.29. The zero-order chi connectivity index (χ0) is 18.3. The molecule has 8 heteroatoms. The van der Waals surface area contributed by atoms with E-state index in [2.05, 4.69) is 29.1 Å². The lowest BCUT2D eigenvalue weighted by Gasteiger charge is -2.32. The average molecular weight is 378 g/mol. The van der Waals surface area contributed by atoms with Crippen molar-refractivity contribution in [1.29, 1.82) is 0 Å². The van der Waals surface area contributed by atoms with Gasteiger partial charge in [-0.3, -0.25) is 0 Å². The second kappa shape index (κ2) is 6.81. The minimum Gasteiger partial charge on any atom is -0.370 e. The fraction of sp³-hybridized carbons (Fsp3) is 0.667. The number of piperidine rings is 2. The summed E-state index contributed by atoms with van der Waals surface area (Å²) in [4.78, 5) is 2.46. The SMILES string of the molecule is CC1CCN(c2ccc(S(=O)(=O)N3CCC(C)CC3)c3nonc23)CC1. The molecule has 0 saturated carbocycles. The van der Waals surface area contributed by atoms with Crippen LogP contribution in [0.1, 0.15) is 39.5 Å². The first-order valence-electron chi connectivity index (χ1n) is 9.47. The number of nitrogens with zero attached hydrogens (tertiary/aromatic N) is 4. The molecule has 2 fully saturated rings. The molecule has 2 saturated heterocycles. The van der Waals surface area contributed by atoms with Gasteiger partial charge in [0.1, 0.15) is 4.90 Å². The fourth-order valence-corrected chi connectivity index (χ4v) is 5.50. The van der Waals surface area contributed by atoms with Crippen molar-refractivity contribution in [2.45, 2.75) is 44.4 Å². The lowest BCUT2D eigenvalue weighted by atomic mass is 9.98. The molecule has 3 heterocycles. The molecule has 2 aromatic rings. The van der Waals surface area contributed by atoms with E-state index < -0.39 is 10.0 Å². The van der Waals surface area contributed by atoms with Gasteiger partial charge >= 0.3 is 0 Å². The molecule has 0 atom stereocenters. The molecular weight excluding hydrogens is 352 g/mol. The summed E-state index contributed by atoms with van der Waals surface area (Å²) in [6.07, 6.45) is 4.03. The van der Waals surface area contributed by atoms with E-state index in [0.717, 1.165) is 50.4 Å². The van der Waals surface area contributed by atoms with Crippen LogP contribution in [0.15, 0.2) is 21.7 Å². The quantitative estimate of drug-likeness (QED) is 0.817. The molecular formula is C18H26N4O3S.